The van der Waals surface area contributed by atoms with Gasteiger partial charge in [-0.15, -0.1) is 0 Å². The Morgan fingerprint density at radius 2 is 1.67 bits per heavy atom. The minimum absolute atomic E-state index is 0.0138. The number of amides is 2. The number of carbonyl (C=O) groups is 3. The molecule has 3 aliphatic rings. The predicted molar refractivity (Wildman–Crippen MR) is 123 cm³/mol. The van der Waals surface area contributed by atoms with Crippen LogP contribution in [0.4, 0.5) is 0 Å². The van der Waals surface area contributed by atoms with E-state index < -0.39 is 11.3 Å². The van der Waals surface area contributed by atoms with Crippen molar-refractivity contribution in [2.45, 2.75) is 83.2 Å². The number of hydrogen-bond acceptors (Lipinski definition) is 5. The Bertz CT molecular complexity index is 944. The van der Waals surface area contributed by atoms with Gasteiger partial charge in [0.1, 0.15) is 11.1 Å². The second-order valence-corrected chi connectivity index (χ2v) is 9.60. The van der Waals surface area contributed by atoms with Crippen molar-refractivity contribution in [3.63, 3.8) is 0 Å². The van der Waals surface area contributed by atoms with Crippen LogP contribution < -0.4 is 10.7 Å². The SMILES string of the molecule is CCOC(=O)[C@@H]1CCCN(C(=O)c2cn(C3CC3)cc(C(=O)NC3CCCCCC3)c2=O)C1. The highest BCUT2D eigenvalue weighted by Gasteiger charge is 2.33. The molecule has 2 saturated carbocycles. The average molecular weight is 458 g/mol. The van der Waals surface area contributed by atoms with Gasteiger partial charge in [-0.05, 0) is 45.4 Å². The molecule has 0 radical (unpaired) electrons. The van der Waals surface area contributed by atoms with Crippen molar-refractivity contribution in [2.75, 3.05) is 19.7 Å². The van der Waals surface area contributed by atoms with Crippen LogP contribution >= 0.6 is 0 Å². The molecular weight excluding hydrogens is 422 g/mol. The van der Waals surface area contributed by atoms with Gasteiger partial charge in [0.05, 0.1) is 12.5 Å². The molecule has 180 valence electrons. The summed E-state index contributed by atoms with van der Waals surface area (Å²) in [4.78, 5) is 53.5. The summed E-state index contributed by atoms with van der Waals surface area (Å²) in [5.74, 6) is -1.48. The number of ether oxygens (including phenoxy) is 1. The molecule has 8 heteroatoms. The van der Waals surface area contributed by atoms with Gasteiger partial charge in [0.2, 0.25) is 5.43 Å². The number of rotatable bonds is 6. The number of pyridine rings is 1. The van der Waals surface area contributed by atoms with Gasteiger partial charge in [-0.3, -0.25) is 19.2 Å². The van der Waals surface area contributed by atoms with Crippen LogP contribution in [-0.2, 0) is 9.53 Å². The third kappa shape index (κ3) is 5.65. The minimum Gasteiger partial charge on any atom is -0.466 e. The Morgan fingerprint density at radius 3 is 2.33 bits per heavy atom. The Kier molecular flexibility index (Phi) is 7.50. The molecule has 33 heavy (non-hydrogen) atoms. The van der Waals surface area contributed by atoms with Crippen LogP contribution in [-0.4, -0.2) is 53.0 Å². The number of nitrogens with zero attached hydrogens (tertiary/aromatic N) is 2. The highest BCUT2D eigenvalue weighted by atomic mass is 16.5. The van der Waals surface area contributed by atoms with E-state index in [0.29, 0.717) is 26.0 Å². The molecule has 0 aromatic carbocycles. The van der Waals surface area contributed by atoms with Crippen molar-refractivity contribution in [3.05, 3.63) is 33.7 Å². The van der Waals surface area contributed by atoms with Crippen molar-refractivity contribution < 1.29 is 19.1 Å². The van der Waals surface area contributed by atoms with Gasteiger partial charge in [0, 0.05) is 37.6 Å². The topological polar surface area (TPSA) is 97.7 Å². The smallest absolute Gasteiger partial charge is 0.310 e. The van der Waals surface area contributed by atoms with Gasteiger partial charge >= 0.3 is 5.97 Å². The second kappa shape index (κ2) is 10.5. The van der Waals surface area contributed by atoms with E-state index in [1.807, 2.05) is 4.57 Å². The first-order valence-electron chi connectivity index (χ1n) is 12.5. The van der Waals surface area contributed by atoms with Gasteiger partial charge in [0.15, 0.2) is 0 Å². The fourth-order valence-corrected chi connectivity index (χ4v) is 4.97. The molecule has 1 saturated heterocycles. The van der Waals surface area contributed by atoms with Gasteiger partial charge < -0.3 is 19.5 Å². The molecule has 1 atom stereocenters. The number of carbonyl (C=O) groups excluding carboxylic acids is 3. The van der Waals surface area contributed by atoms with Crippen molar-refractivity contribution in [1.29, 1.82) is 0 Å². The van der Waals surface area contributed by atoms with E-state index in [4.69, 9.17) is 4.74 Å². The summed E-state index contributed by atoms with van der Waals surface area (Å²) in [6.45, 7) is 2.78. The minimum atomic E-state index is -0.527. The highest BCUT2D eigenvalue weighted by molar-refractivity contribution is 5.99. The van der Waals surface area contributed by atoms with E-state index in [-0.39, 0.29) is 47.5 Å². The summed E-state index contributed by atoms with van der Waals surface area (Å²) in [6, 6.07) is 0.288. The van der Waals surface area contributed by atoms with Crippen LogP contribution in [0.25, 0.3) is 0 Å². The Hall–Kier alpha value is -2.64. The van der Waals surface area contributed by atoms with Crippen LogP contribution in [0.1, 0.15) is 97.9 Å². The highest BCUT2D eigenvalue weighted by Crippen LogP contribution is 2.34. The molecule has 2 heterocycles. The maximum atomic E-state index is 13.4. The van der Waals surface area contributed by atoms with E-state index in [9.17, 15) is 19.2 Å². The van der Waals surface area contributed by atoms with Crippen LogP contribution in [0.15, 0.2) is 17.2 Å². The molecule has 2 amide bonds. The Morgan fingerprint density at radius 1 is 0.970 bits per heavy atom. The van der Waals surface area contributed by atoms with Gasteiger partial charge in [-0.1, -0.05) is 25.7 Å². The summed E-state index contributed by atoms with van der Waals surface area (Å²) in [6.07, 6.45) is 12.8. The first-order valence-corrected chi connectivity index (χ1v) is 12.5. The molecule has 0 unspecified atom stereocenters. The normalized spacial score (nSPS) is 21.8. The molecule has 1 aromatic rings. The maximum Gasteiger partial charge on any atom is 0.310 e. The van der Waals surface area contributed by atoms with E-state index >= 15 is 0 Å². The van der Waals surface area contributed by atoms with E-state index in [1.165, 1.54) is 12.8 Å². The Labute approximate surface area is 194 Å². The lowest BCUT2D eigenvalue weighted by Crippen LogP contribution is -2.45. The fraction of sp³-hybridized carbons (Fsp3) is 0.680. The molecule has 3 fully saturated rings. The third-order valence-electron chi connectivity index (χ3n) is 7.01. The summed E-state index contributed by atoms with van der Waals surface area (Å²) in [5, 5.41) is 3.05. The Balaban J connectivity index is 1.57. The number of piperidine rings is 1. The molecule has 4 rings (SSSR count). The molecular formula is C25H35N3O5. The lowest BCUT2D eigenvalue weighted by molar-refractivity contribution is -0.149. The second-order valence-electron chi connectivity index (χ2n) is 9.60. The number of nitrogens with one attached hydrogen (secondary N) is 1. The summed E-state index contributed by atoms with van der Waals surface area (Å²) in [5.41, 5.74) is -0.475. The molecule has 1 N–H and O–H groups in total. The van der Waals surface area contributed by atoms with E-state index in [2.05, 4.69) is 5.32 Å². The quantitative estimate of drug-likeness (QED) is 0.523. The fourth-order valence-electron chi connectivity index (χ4n) is 4.97. The first kappa shape index (κ1) is 23.5. The van der Waals surface area contributed by atoms with Crippen LogP contribution in [0, 0.1) is 5.92 Å². The van der Waals surface area contributed by atoms with Crippen molar-refractivity contribution in [1.82, 2.24) is 14.8 Å². The van der Waals surface area contributed by atoms with E-state index in [1.54, 1.807) is 24.2 Å². The number of aromatic nitrogens is 1. The zero-order valence-electron chi connectivity index (χ0n) is 19.5. The molecule has 8 nitrogen and oxygen atoms in total. The maximum absolute atomic E-state index is 13.4. The molecule has 2 aliphatic carbocycles. The van der Waals surface area contributed by atoms with Crippen molar-refractivity contribution in [3.8, 4) is 0 Å². The van der Waals surface area contributed by atoms with Crippen LogP contribution in [0.5, 0.6) is 0 Å². The average Bonchev–Trinajstić information content (AvgIpc) is 3.67. The summed E-state index contributed by atoms with van der Waals surface area (Å²) < 4.78 is 6.98. The zero-order valence-corrected chi connectivity index (χ0v) is 19.5. The number of esters is 1. The zero-order chi connectivity index (χ0) is 23.4. The van der Waals surface area contributed by atoms with Crippen molar-refractivity contribution in [2.24, 2.45) is 5.92 Å². The predicted octanol–water partition coefficient (Wildman–Crippen LogP) is 3.05. The summed E-state index contributed by atoms with van der Waals surface area (Å²) >= 11 is 0. The van der Waals surface area contributed by atoms with Gasteiger partial charge in [-0.25, -0.2) is 0 Å². The third-order valence-corrected chi connectivity index (χ3v) is 7.01. The van der Waals surface area contributed by atoms with Crippen LogP contribution in [0.3, 0.4) is 0 Å². The van der Waals surface area contributed by atoms with Gasteiger partial charge in [0.25, 0.3) is 11.8 Å². The van der Waals surface area contributed by atoms with E-state index in [0.717, 1.165) is 38.5 Å². The number of likely N-dealkylation sites (tertiary alicyclic amines) is 1. The molecule has 0 spiro atoms. The lowest BCUT2D eigenvalue weighted by atomic mass is 9.97. The standard InChI is InChI=1S/C25H35N3O5/c1-2-33-25(32)17-8-7-13-27(14-17)24(31)21-16-28(19-11-12-19)15-20(22(21)29)23(30)26-18-9-5-3-4-6-10-18/h15-19H,2-14H2,1H3,(H,26,30)/t17-/m1/s1. The lowest BCUT2D eigenvalue weighted by Gasteiger charge is -2.31. The first-order chi connectivity index (χ1) is 16.0. The van der Waals surface area contributed by atoms with Crippen LogP contribution in [0.2, 0.25) is 0 Å². The van der Waals surface area contributed by atoms with Gasteiger partial charge in [-0.2, -0.15) is 0 Å². The molecule has 1 aliphatic heterocycles. The monoisotopic (exact) mass is 457 g/mol. The summed E-state index contributed by atoms with van der Waals surface area (Å²) in [7, 11) is 0. The largest absolute Gasteiger partial charge is 0.466 e. The van der Waals surface area contributed by atoms with Crippen molar-refractivity contribution >= 4 is 17.8 Å². The molecule has 1 aromatic heterocycles. The number of hydrogen-bond donors (Lipinski definition) is 1. The molecule has 0 bridgehead atoms.